The highest BCUT2D eigenvalue weighted by atomic mass is 19.4. The first kappa shape index (κ1) is 30.9. The van der Waals surface area contributed by atoms with Crippen molar-refractivity contribution in [3.05, 3.63) is 54.2 Å². The molecule has 238 valence electrons. The van der Waals surface area contributed by atoms with Gasteiger partial charge in [-0.15, -0.1) is 0 Å². The number of aromatic amines is 1. The maximum atomic E-state index is 13.6. The van der Waals surface area contributed by atoms with E-state index in [0.29, 0.717) is 30.7 Å². The summed E-state index contributed by atoms with van der Waals surface area (Å²) in [6, 6.07) is 7.05. The minimum absolute atomic E-state index is 0.0487. The molecule has 0 spiro atoms. The molecule has 0 amide bonds. The summed E-state index contributed by atoms with van der Waals surface area (Å²) in [4.78, 5) is 18.3. The SMILES string of the molecule is CC(C)(CO)NCc1cc(OC2CCN(C3CC(CC#N)(n4cc(-c5ncc6cc[nH]c6n5)cn4)C3)CC2)nc(C(F)(F)F)c1. The Kier molecular flexibility index (Phi) is 8.28. The highest BCUT2D eigenvalue weighted by molar-refractivity contribution is 5.76. The highest BCUT2D eigenvalue weighted by Gasteiger charge is 2.49. The molecule has 2 aliphatic rings. The molecule has 0 bridgehead atoms. The van der Waals surface area contributed by atoms with Gasteiger partial charge in [-0.1, -0.05) is 0 Å². The van der Waals surface area contributed by atoms with Gasteiger partial charge in [0.15, 0.2) is 5.82 Å². The van der Waals surface area contributed by atoms with E-state index in [0.717, 1.165) is 48.6 Å². The van der Waals surface area contributed by atoms with Gasteiger partial charge in [-0.05, 0) is 57.2 Å². The Morgan fingerprint density at radius 1 is 1.18 bits per heavy atom. The molecule has 14 heteroatoms. The lowest BCUT2D eigenvalue weighted by Crippen LogP contribution is -2.58. The number of piperidine rings is 1. The molecule has 0 radical (unpaired) electrons. The van der Waals surface area contributed by atoms with E-state index in [9.17, 15) is 23.5 Å². The van der Waals surface area contributed by atoms with Gasteiger partial charge in [0.05, 0.1) is 36.4 Å². The summed E-state index contributed by atoms with van der Waals surface area (Å²) in [6.45, 7) is 4.96. The molecule has 5 heterocycles. The molecule has 6 rings (SSSR count). The number of hydrogen-bond donors (Lipinski definition) is 3. The quantitative estimate of drug-likeness (QED) is 0.234. The smallest absolute Gasteiger partial charge is 0.433 e. The number of likely N-dealkylation sites (tertiary alicyclic amines) is 1. The summed E-state index contributed by atoms with van der Waals surface area (Å²) in [7, 11) is 0. The number of aliphatic hydroxyl groups is 1. The first-order chi connectivity index (χ1) is 21.5. The lowest BCUT2D eigenvalue weighted by molar-refractivity contribution is -0.141. The number of fused-ring (bicyclic) bond motifs is 1. The van der Waals surface area contributed by atoms with Gasteiger partial charge in [0, 0.05) is 61.3 Å². The molecule has 1 saturated heterocycles. The van der Waals surface area contributed by atoms with Crippen LogP contribution in [0.15, 0.2) is 43.0 Å². The highest BCUT2D eigenvalue weighted by Crippen LogP contribution is 2.45. The number of nitrogens with one attached hydrogen (secondary N) is 2. The van der Waals surface area contributed by atoms with Gasteiger partial charge in [-0.3, -0.25) is 9.58 Å². The van der Waals surface area contributed by atoms with Gasteiger partial charge in [0.1, 0.15) is 17.4 Å². The average Bonchev–Trinajstić information content (AvgIpc) is 3.68. The number of hydrogen-bond acceptors (Lipinski definition) is 9. The first-order valence-corrected chi connectivity index (χ1v) is 15.0. The van der Waals surface area contributed by atoms with E-state index in [4.69, 9.17) is 4.74 Å². The molecule has 4 aromatic rings. The summed E-state index contributed by atoms with van der Waals surface area (Å²) < 4.78 is 48.7. The summed E-state index contributed by atoms with van der Waals surface area (Å²) in [5.41, 5.74) is -0.153. The molecule has 45 heavy (non-hydrogen) atoms. The van der Waals surface area contributed by atoms with Gasteiger partial charge in [-0.25, -0.2) is 15.0 Å². The Balaban J connectivity index is 1.07. The van der Waals surface area contributed by atoms with Crippen LogP contribution >= 0.6 is 0 Å². The molecular weight excluding hydrogens is 587 g/mol. The van der Waals surface area contributed by atoms with Crippen molar-refractivity contribution >= 4 is 11.0 Å². The molecule has 1 aliphatic heterocycles. The number of aromatic nitrogens is 6. The molecular formula is C31H36F3N9O2. The number of nitrogens with zero attached hydrogens (tertiary/aromatic N) is 7. The normalized spacial score (nSPS) is 21.5. The Bertz CT molecular complexity index is 1680. The van der Waals surface area contributed by atoms with E-state index in [-0.39, 0.29) is 31.2 Å². The van der Waals surface area contributed by atoms with Crippen LogP contribution in [-0.4, -0.2) is 77.1 Å². The lowest BCUT2D eigenvalue weighted by atomic mass is 9.69. The van der Waals surface area contributed by atoms with Crippen molar-refractivity contribution in [2.75, 3.05) is 19.7 Å². The second-order valence-corrected chi connectivity index (χ2v) is 12.7. The van der Waals surface area contributed by atoms with Crippen LogP contribution in [0.4, 0.5) is 13.2 Å². The van der Waals surface area contributed by atoms with Crippen LogP contribution in [-0.2, 0) is 18.3 Å². The van der Waals surface area contributed by atoms with E-state index < -0.39 is 22.9 Å². The van der Waals surface area contributed by atoms with Gasteiger partial charge >= 0.3 is 6.18 Å². The Morgan fingerprint density at radius 2 is 1.96 bits per heavy atom. The number of alkyl halides is 3. The maximum Gasteiger partial charge on any atom is 0.433 e. The molecule has 4 aromatic heterocycles. The van der Waals surface area contributed by atoms with Crippen LogP contribution in [0.2, 0.25) is 0 Å². The largest absolute Gasteiger partial charge is 0.474 e. The molecule has 0 atom stereocenters. The van der Waals surface area contributed by atoms with Gasteiger partial charge in [0.2, 0.25) is 5.88 Å². The van der Waals surface area contributed by atoms with E-state index in [1.807, 2.05) is 23.1 Å². The minimum Gasteiger partial charge on any atom is -0.474 e. The van der Waals surface area contributed by atoms with Gasteiger partial charge in [0.25, 0.3) is 0 Å². The zero-order valence-corrected chi connectivity index (χ0v) is 25.2. The fourth-order valence-electron chi connectivity index (χ4n) is 6.10. The molecule has 2 fully saturated rings. The molecule has 0 unspecified atom stereocenters. The first-order valence-electron chi connectivity index (χ1n) is 15.0. The number of halogens is 3. The topological polar surface area (TPSA) is 141 Å². The van der Waals surface area contributed by atoms with Crippen molar-refractivity contribution in [1.82, 2.24) is 39.9 Å². The fraction of sp³-hybridized carbons (Fsp3) is 0.516. The standard InChI is InChI=1S/C31H36F3N9O2/c1-29(2,19-44)38-15-20-11-25(31(32,33)34)40-26(12-20)45-24-4-9-42(10-5-24)23-13-30(14-23,6-7-35)43-18-22(17-39-43)28-37-16-21-3-8-36-27(21)41-28/h3,8,11-12,16-18,23-24,38,44H,4-6,9-10,13-15,19H2,1-2H3,(H,36,37,41). The number of rotatable bonds is 10. The monoisotopic (exact) mass is 623 g/mol. The Morgan fingerprint density at radius 3 is 2.67 bits per heavy atom. The average molecular weight is 624 g/mol. The zero-order valence-electron chi connectivity index (χ0n) is 25.2. The molecule has 3 N–H and O–H groups in total. The van der Waals surface area contributed by atoms with Crippen molar-refractivity contribution < 1.29 is 23.0 Å². The molecule has 11 nitrogen and oxygen atoms in total. The summed E-state index contributed by atoms with van der Waals surface area (Å²) in [5.74, 6) is 0.515. The van der Waals surface area contributed by atoms with E-state index >= 15 is 0 Å². The van der Waals surface area contributed by atoms with Crippen LogP contribution < -0.4 is 10.1 Å². The Labute approximate surface area is 258 Å². The number of aliphatic hydroxyl groups excluding tert-OH is 1. The third-order valence-electron chi connectivity index (χ3n) is 8.86. The molecule has 1 saturated carbocycles. The van der Waals surface area contributed by atoms with Crippen molar-refractivity contribution in [2.24, 2.45) is 0 Å². The zero-order chi connectivity index (χ0) is 31.8. The van der Waals surface area contributed by atoms with Crippen LogP contribution in [0.25, 0.3) is 22.4 Å². The second kappa shape index (κ2) is 12.0. The van der Waals surface area contributed by atoms with E-state index in [1.54, 1.807) is 26.2 Å². The van der Waals surface area contributed by atoms with Crippen molar-refractivity contribution in [2.45, 2.75) is 81.9 Å². The number of nitriles is 1. The fourth-order valence-corrected chi connectivity index (χ4v) is 6.10. The van der Waals surface area contributed by atoms with Crippen LogP contribution in [0.1, 0.15) is 57.2 Å². The van der Waals surface area contributed by atoms with E-state index in [1.165, 1.54) is 6.07 Å². The molecule has 1 aliphatic carbocycles. The summed E-state index contributed by atoms with van der Waals surface area (Å²) in [5, 5.41) is 27.7. The van der Waals surface area contributed by atoms with Crippen LogP contribution in [0.5, 0.6) is 5.88 Å². The van der Waals surface area contributed by atoms with E-state index in [2.05, 4.69) is 41.3 Å². The lowest BCUT2D eigenvalue weighted by Gasteiger charge is -2.52. The summed E-state index contributed by atoms with van der Waals surface area (Å²) >= 11 is 0. The predicted octanol–water partition coefficient (Wildman–Crippen LogP) is 4.41. The molecule has 0 aromatic carbocycles. The van der Waals surface area contributed by atoms with Crippen molar-refractivity contribution in [3.63, 3.8) is 0 Å². The van der Waals surface area contributed by atoms with Crippen LogP contribution in [0.3, 0.4) is 0 Å². The van der Waals surface area contributed by atoms with Gasteiger partial charge in [-0.2, -0.15) is 23.5 Å². The summed E-state index contributed by atoms with van der Waals surface area (Å²) in [6.07, 6.45) is 5.51. The second-order valence-electron chi connectivity index (χ2n) is 12.7. The predicted molar refractivity (Wildman–Crippen MR) is 159 cm³/mol. The number of ether oxygens (including phenoxy) is 1. The van der Waals surface area contributed by atoms with Crippen LogP contribution in [0, 0.1) is 11.3 Å². The third kappa shape index (κ3) is 6.66. The van der Waals surface area contributed by atoms with Crippen molar-refractivity contribution in [3.8, 4) is 23.3 Å². The third-order valence-corrected chi connectivity index (χ3v) is 8.86. The maximum absolute atomic E-state index is 13.6. The van der Waals surface area contributed by atoms with Crippen molar-refractivity contribution in [1.29, 1.82) is 5.26 Å². The number of pyridine rings is 1. The van der Waals surface area contributed by atoms with Gasteiger partial charge < -0.3 is 20.1 Å². The minimum atomic E-state index is -4.61. The Hall–Kier alpha value is -4.06. The number of H-pyrrole nitrogens is 1.